The summed E-state index contributed by atoms with van der Waals surface area (Å²) in [4.78, 5) is 24.2. The van der Waals surface area contributed by atoms with Gasteiger partial charge in [-0.05, 0) is 0 Å². The molecule has 0 aromatic carbocycles. The number of sulfonamides is 1. The number of nitrogens with one attached hydrogen (secondary N) is 2. The molecule has 0 spiro atoms. The molecular weight excluding hydrogens is 284 g/mol. The van der Waals surface area contributed by atoms with Gasteiger partial charge in [-0.25, -0.2) is 8.42 Å². The Morgan fingerprint density at radius 3 is 2.10 bits per heavy atom. The fourth-order valence-corrected chi connectivity index (χ4v) is 2.75. The van der Waals surface area contributed by atoms with Crippen LogP contribution in [0.25, 0.3) is 0 Å². The SMILES string of the molecule is CC(=O)NCCNC(=O)CN1CCN(S(C)(=O)=O)CC1. The van der Waals surface area contributed by atoms with Gasteiger partial charge in [0.1, 0.15) is 0 Å². The van der Waals surface area contributed by atoms with Crippen molar-refractivity contribution in [1.29, 1.82) is 0 Å². The van der Waals surface area contributed by atoms with Crippen molar-refractivity contribution < 1.29 is 18.0 Å². The van der Waals surface area contributed by atoms with E-state index < -0.39 is 10.0 Å². The molecule has 0 aromatic rings. The van der Waals surface area contributed by atoms with Crippen LogP contribution in [-0.4, -0.2) is 81.5 Å². The van der Waals surface area contributed by atoms with Gasteiger partial charge in [0.05, 0.1) is 12.8 Å². The Labute approximate surface area is 119 Å². The Morgan fingerprint density at radius 1 is 1.05 bits per heavy atom. The predicted molar refractivity (Wildman–Crippen MR) is 74.6 cm³/mol. The first-order valence-corrected chi connectivity index (χ1v) is 8.32. The molecule has 0 radical (unpaired) electrons. The maximum Gasteiger partial charge on any atom is 0.234 e. The van der Waals surface area contributed by atoms with E-state index in [1.807, 2.05) is 4.90 Å². The van der Waals surface area contributed by atoms with Crippen LogP contribution in [0.15, 0.2) is 0 Å². The number of amides is 2. The molecule has 1 rings (SSSR count). The minimum absolute atomic E-state index is 0.122. The Bertz CT molecular complexity index is 443. The van der Waals surface area contributed by atoms with Gasteiger partial charge in [-0.3, -0.25) is 14.5 Å². The maximum atomic E-state index is 11.6. The van der Waals surface area contributed by atoms with E-state index >= 15 is 0 Å². The summed E-state index contributed by atoms with van der Waals surface area (Å²) in [7, 11) is -3.14. The van der Waals surface area contributed by atoms with E-state index in [0.717, 1.165) is 0 Å². The first-order chi connectivity index (χ1) is 9.29. The van der Waals surface area contributed by atoms with E-state index in [4.69, 9.17) is 0 Å². The van der Waals surface area contributed by atoms with Crippen molar-refractivity contribution in [1.82, 2.24) is 19.8 Å². The van der Waals surface area contributed by atoms with Crippen LogP contribution in [0.2, 0.25) is 0 Å². The molecule has 0 saturated carbocycles. The molecular formula is C11H22N4O4S. The topological polar surface area (TPSA) is 98.8 Å². The molecule has 1 heterocycles. The van der Waals surface area contributed by atoms with Crippen molar-refractivity contribution in [2.24, 2.45) is 0 Å². The largest absolute Gasteiger partial charge is 0.355 e. The summed E-state index contributed by atoms with van der Waals surface area (Å²) in [5.74, 6) is -0.251. The zero-order valence-corrected chi connectivity index (χ0v) is 12.7. The lowest BCUT2D eigenvalue weighted by atomic mass is 10.3. The van der Waals surface area contributed by atoms with Crippen LogP contribution in [-0.2, 0) is 19.6 Å². The normalized spacial score (nSPS) is 17.7. The second-order valence-corrected chi connectivity index (χ2v) is 6.75. The summed E-state index contributed by atoms with van der Waals surface area (Å²) in [6, 6.07) is 0. The fourth-order valence-electron chi connectivity index (χ4n) is 1.92. The minimum atomic E-state index is -3.14. The van der Waals surface area contributed by atoms with Gasteiger partial charge < -0.3 is 10.6 Å². The zero-order chi connectivity index (χ0) is 15.2. The molecule has 2 amide bonds. The molecule has 8 nitrogen and oxygen atoms in total. The summed E-state index contributed by atoms with van der Waals surface area (Å²) in [6.45, 7) is 4.39. The fraction of sp³-hybridized carbons (Fsp3) is 0.818. The van der Waals surface area contributed by atoms with Gasteiger partial charge in [-0.1, -0.05) is 0 Å². The second kappa shape index (κ2) is 7.55. The van der Waals surface area contributed by atoms with Crippen LogP contribution in [0.1, 0.15) is 6.92 Å². The van der Waals surface area contributed by atoms with Gasteiger partial charge in [-0.15, -0.1) is 0 Å². The van der Waals surface area contributed by atoms with Gasteiger partial charge in [-0.2, -0.15) is 4.31 Å². The number of piperazine rings is 1. The summed E-state index contributed by atoms with van der Waals surface area (Å²) in [5, 5.41) is 5.29. The van der Waals surface area contributed by atoms with Crippen LogP contribution in [0.4, 0.5) is 0 Å². The molecule has 1 aliphatic heterocycles. The van der Waals surface area contributed by atoms with Gasteiger partial charge in [0.2, 0.25) is 21.8 Å². The highest BCUT2D eigenvalue weighted by Crippen LogP contribution is 2.05. The average Bonchev–Trinajstić information content (AvgIpc) is 2.34. The molecule has 20 heavy (non-hydrogen) atoms. The number of carbonyl (C=O) groups is 2. The van der Waals surface area contributed by atoms with E-state index in [1.165, 1.54) is 17.5 Å². The number of carbonyl (C=O) groups excluding carboxylic acids is 2. The van der Waals surface area contributed by atoms with Crippen molar-refractivity contribution in [2.45, 2.75) is 6.92 Å². The van der Waals surface area contributed by atoms with Crippen LogP contribution < -0.4 is 10.6 Å². The van der Waals surface area contributed by atoms with Crippen LogP contribution >= 0.6 is 0 Å². The first-order valence-electron chi connectivity index (χ1n) is 6.47. The molecule has 0 aromatic heterocycles. The lowest BCUT2D eigenvalue weighted by Gasteiger charge is -2.32. The van der Waals surface area contributed by atoms with Gasteiger partial charge in [0.15, 0.2) is 0 Å². The van der Waals surface area contributed by atoms with Gasteiger partial charge >= 0.3 is 0 Å². The van der Waals surface area contributed by atoms with E-state index in [1.54, 1.807) is 0 Å². The Hall–Kier alpha value is -1.19. The highest BCUT2D eigenvalue weighted by Gasteiger charge is 2.24. The highest BCUT2D eigenvalue weighted by molar-refractivity contribution is 7.88. The van der Waals surface area contributed by atoms with Crippen molar-refractivity contribution in [2.75, 3.05) is 52.1 Å². The summed E-state index contributed by atoms with van der Waals surface area (Å²) in [6.07, 6.45) is 1.19. The third-order valence-electron chi connectivity index (χ3n) is 2.99. The minimum Gasteiger partial charge on any atom is -0.355 e. The molecule has 0 bridgehead atoms. The predicted octanol–water partition coefficient (Wildman–Crippen LogP) is -2.18. The zero-order valence-electron chi connectivity index (χ0n) is 11.9. The lowest BCUT2D eigenvalue weighted by Crippen LogP contribution is -2.51. The molecule has 0 aliphatic carbocycles. The van der Waals surface area contributed by atoms with E-state index in [2.05, 4.69) is 10.6 Å². The molecule has 0 unspecified atom stereocenters. The van der Waals surface area contributed by atoms with Crippen molar-refractivity contribution in [3.63, 3.8) is 0 Å². The molecule has 1 fully saturated rings. The highest BCUT2D eigenvalue weighted by atomic mass is 32.2. The van der Waals surface area contributed by atoms with E-state index in [9.17, 15) is 18.0 Å². The summed E-state index contributed by atoms with van der Waals surface area (Å²) < 4.78 is 24.1. The molecule has 116 valence electrons. The van der Waals surface area contributed by atoms with Gasteiger partial charge in [0, 0.05) is 46.2 Å². The quantitative estimate of drug-likeness (QED) is 0.544. The molecule has 9 heteroatoms. The second-order valence-electron chi connectivity index (χ2n) is 4.77. The summed E-state index contributed by atoms with van der Waals surface area (Å²) >= 11 is 0. The molecule has 2 N–H and O–H groups in total. The third-order valence-corrected chi connectivity index (χ3v) is 4.29. The Morgan fingerprint density at radius 2 is 1.60 bits per heavy atom. The number of nitrogens with zero attached hydrogens (tertiary/aromatic N) is 2. The number of hydrogen-bond acceptors (Lipinski definition) is 5. The van der Waals surface area contributed by atoms with E-state index in [-0.39, 0.29) is 18.4 Å². The maximum absolute atomic E-state index is 11.6. The number of rotatable bonds is 6. The Kier molecular flexibility index (Phi) is 6.37. The number of hydrogen-bond donors (Lipinski definition) is 2. The summed E-state index contributed by atoms with van der Waals surface area (Å²) in [5.41, 5.74) is 0. The van der Waals surface area contributed by atoms with Gasteiger partial charge in [0.25, 0.3) is 0 Å². The van der Waals surface area contributed by atoms with Crippen LogP contribution in [0.3, 0.4) is 0 Å². The van der Waals surface area contributed by atoms with Crippen LogP contribution in [0, 0.1) is 0 Å². The Balaban J connectivity index is 2.20. The first kappa shape index (κ1) is 16.9. The van der Waals surface area contributed by atoms with Crippen molar-refractivity contribution >= 4 is 21.8 Å². The molecule has 1 aliphatic rings. The molecule has 1 saturated heterocycles. The van der Waals surface area contributed by atoms with E-state index in [0.29, 0.717) is 39.3 Å². The smallest absolute Gasteiger partial charge is 0.234 e. The average molecular weight is 306 g/mol. The monoisotopic (exact) mass is 306 g/mol. The third kappa shape index (κ3) is 6.31. The lowest BCUT2D eigenvalue weighted by molar-refractivity contribution is -0.123. The van der Waals surface area contributed by atoms with Crippen LogP contribution in [0.5, 0.6) is 0 Å². The molecule has 0 atom stereocenters. The standard InChI is InChI=1S/C11H22N4O4S/c1-10(16)12-3-4-13-11(17)9-14-5-7-15(8-6-14)20(2,18)19/h3-9H2,1-2H3,(H,12,16)(H,13,17). The van der Waals surface area contributed by atoms with Crippen molar-refractivity contribution in [3.8, 4) is 0 Å². The van der Waals surface area contributed by atoms with Crippen molar-refractivity contribution in [3.05, 3.63) is 0 Å².